The molecule has 12 nitrogen and oxygen atoms in total. The molecule has 1 aromatic heterocycles. The third kappa shape index (κ3) is 8.84. The number of amides is 2. The number of fused-ring (bicyclic) bond motifs is 1. The number of ether oxygens (including phenoxy) is 3. The van der Waals surface area contributed by atoms with E-state index in [1.54, 1.807) is 38.0 Å². The lowest BCUT2D eigenvalue weighted by atomic mass is 10.2. The van der Waals surface area contributed by atoms with Crippen LogP contribution in [0.5, 0.6) is 17.2 Å². The average molecular weight is 628 g/mol. The molecule has 4 rings (SSSR count). The third-order valence-electron chi connectivity index (χ3n) is 6.73. The molecule has 3 aromatic rings. The highest BCUT2D eigenvalue weighted by Crippen LogP contribution is 2.47. The maximum Gasteiger partial charge on any atom is 0.334 e. The van der Waals surface area contributed by atoms with E-state index in [0.29, 0.717) is 62.1 Å². The number of carbonyl (C=O) groups is 1. The van der Waals surface area contributed by atoms with Crippen LogP contribution < -0.4 is 24.4 Å². The Morgan fingerprint density at radius 1 is 1.00 bits per heavy atom. The van der Waals surface area contributed by atoms with E-state index in [4.69, 9.17) is 23.3 Å². The molecular weight excluding hydrogens is 585 g/mol. The van der Waals surface area contributed by atoms with Gasteiger partial charge in [0.1, 0.15) is 24.5 Å². The Balaban J connectivity index is 1.39. The van der Waals surface area contributed by atoms with Crippen LogP contribution >= 0.6 is 7.60 Å². The predicted molar refractivity (Wildman–Crippen MR) is 171 cm³/mol. The number of anilines is 2. The summed E-state index contributed by atoms with van der Waals surface area (Å²) in [5, 5.41) is 3.78. The van der Waals surface area contributed by atoms with Crippen molar-refractivity contribution in [1.29, 1.82) is 0 Å². The normalized spacial score (nSPS) is 14.0. The molecule has 2 aromatic carbocycles. The zero-order valence-electron chi connectivity index (χ0n) is 26.0. The van der Waals surface area contributed by atoms with Crippen molar-refractivity contribution < 1.29 is 32.6 Å². The van der Waals surface area contributed by atoms with Gasteiger partial charge < -0.3 is 38.4 Å². The summed E-state index contributed by atoms with van der Waals surface area (Å²) in [6.45, 7) is 10.6. The minimum Gasteiger partial charge on any atom is -0.493 e. The van der Waals surface area contributed by atoms with Crippen LogP contribution in [0.25, 0.3) is 10.9 Å². The van der Waals surface area contributed by atoms with Gasteiger partial charge in [-0.3, -0.25) is 4.57 Å². The highest BCUT2D eigenvalue weighted by Gasteiger charge is 2.24. The summed E-state index contributed by atoms with van der Waals surface area (Å²) in [5.41, 5.74) is 1.43. The monoisotopic (exact) mass is 627 g/mol. The summed E-state index contributed by atoms with van der Waals surface area (Å²) in [6, 6.07) is 10.9. The maximum absolute atomic E-state index is 12.9. The number of methoxy groups -OCH3 is 1. The van der Waals surface area contributed by atoms with Gasteiger partial charge in [0.15, 0.2) is 11.5 Å². The van der Waals surface area contributed by atoms with Crippen LogP contribution in [0.15, 0.2) is 54.9 Å². The van der Waals surface area contributed by atoms with Crippen LogP contribution in [0, 0.1) is 0 Å². The fraction of sp³-hybridized carbons (Fsp3) is 0.452. The van der Waals surface area contributed by atoms with E-state index < -0.39 is 7.60 Å². The van der Waals surface area contributed by atoms with E-state index in [2.05, 4.69) is 20.2 Å². The van der Waals surface area contributed by atoms with Crippen molar-refractivity contribution in [2.45, 2.75) is 33.8 Å². The molecule has 44 heavy (non-hydrogen) atoms. The molecule has 0 unspecified atom stereocenters. The standard InChI is InChI=1S/C31H42N5O7P/c1-6-41-44(38,42-7-2)19-9-8-18-40-29-20-26-27(21-28(29)39-5)32-22-33-30(26)35-14-16-36(17-15-35)31(37)34-24-10-12-25(13-11-24)43-23(3)4/h8-13,20-23H,6-7,14-19H2,1-5H3,(H,34,37)/b9-8+. The van der Waals surface area contributed by atoms with Gasteiger partial charge >= 0.3 is 13.6 Å². The Morgan fingerprint density at radius 2 is 1.70 bits per heavy atom. The third-order valence-corrected chi connectivity index (χ3v) is 8.69. The Hall–Kier alpha value is -3.86. The first-order valence-corrected chi connectivity index (χ1v) is 16.5. The van der Waals surface area contributed by atoms with Crippen molar-refractivity contribution >= 4 is 36.0 Å². The molecule has 0 radical (unpaired) electrons. The van der Waals surface area contributed by atoms with Crippen LogP contribution in [-0.4, -0.2) is 86.3 Å². The first kappa shape index (κ1) is 33.0. The number of rotatable bonds is 14. The van der Waals surface area contributed by atoms with E-state index in [-0.39, 0.29) is 24.9 Å². The molecule has 0 bridgehead atoms. The van der Waals surface area contributed by atoms with Crippen molar-refractivity contribution in [2.24, 2.45) is 0 Å². The van der Waals surface area contributed by atoms with Gasteiger partial charge in [-0.1, -0.05) is 12.2 Å². The van der Waals surface area contributed by atoms with Crippen LogP contribution in [0.1, 0.15) is 27.7 Å². The molecule has 2 heterocycles. The molecule has 0 spiro atoms. The largest absolute Gasteiger partial charge is 0.493 e. The molecule has 1 aliphatic rings. The molecule has 1 fully saturated rings. The second kappa shape index (κ2) is 15.7. The first-order chi connectivity index (χ1) is 21.2. The van der Waals surface area contributed by atoms with Gasteiger partial charge in [0.25, 0.3) is 0 Å². The second-order valence-electron chi connectivity index (χ2n) is 10.2. The van der Waals surface area contributed by atoms with E-state index in [9.17, 15) is 9.36 Å². The van der Waals surface area contributed by atoms with Gasteiger partial charge in [-0.05, 0) is 58.0 Å². The smallest absolute Gasteiger partial charge is 0.334 e. The van der Waals surface area contributed by atoms with Crippen LogP contribution in [0.3, 0.4) is 0 Å². The van der Waals surface area contributed by atoms with Crippen molar-refractivity contribution in [1.82, 2.24) is 14.9 Å². The number of piperazine rings is 1. The Morgan fingerprint density at radius 3 is 2.34 bits per heavy atom. The van der Waals surface area contributed by atoms with Gasteiger partial charge in [-0.15, -0.1) is 0 Å². The van der Waals surface area contributed by atoms with Gasteiger partial charge in [-0.25, -0.2) is 14.8 Å². The quantitative estimate of drug-likeness (QED) is 0.169. The Kier molecular flexibility index (Phi) is 11.8. The fourth-order valence-electron chi connectivity index (χ4n) is 4.73. The molecular formula is C31H42N5O7P. The van der Waals surface area contributed by atoms with Gasteiger partial charge in [0.2, 0.25) is 0 Å². The molecule has 1 saturated heterocycles. The van der Waals surface area contributed by atoms with Gasteiger partial charge in [-0.2, -0.15) is 0 Å². The molecule has 2 amide bonds. The summed E-state index contributed by atoms with van der Waals surface area (Å²) in [6.07, 6.45) is 5.28. The SMILES string of the molecule is CCOP(=O)(C/C=C/COc1cc2c(N3CCN(C(=O)Nc4ccc(OC(C)C)cc4)CC3)ncnc2cc1OC)OCC. The van der Waals surface area contributed by atoms with Crippen molar-refractivity contribution in [2.75, 3.05) is 69.5 Å². The number of hydrogen-bond acceptors (Lipinski definition) is 10. The number of carbonyl (C=O) groups excluding carboxylic acids is 1. The van der Waals surface area contributed by atoms with Gasteiger partial charge in [0, 0.05) is 43.3 Å². The summed E-state index contributed by atoms with van der Waals surface area (Å²) in [5.74, 6) is 2.59. The summed E-state index contributed by atoms with van der Waals surface area (Å²) < 4.78 is 40.6. The number of allylic oxidation sites excluding steroid dienone is 1. The molecule has 0 aliphatic carbocycles. The molecule has 0 saturated carbocycles. The Labute approximate surface area is 258 Å². The van der Waals surface area contributed by atoms with E-state index >= 15 is 0 Å². The minimum absolute atomic E-state index is 0.0853. The number of hydrogen-bond donors (Lipinski definition) is 1. The van der Waals surface area contributed by atoms with Crippen LogP contribution in [0.4, 0.5) is 16.3 Å². The van der Waals surface area contributed by atoms with E-state index in [0.717, 1.165) is 17.0 Å². The lowest BCUT2D eigenvalue weighted by Gasteiger charge is -2.35. The highest BCUT2D eigenvalue weighted by atomic mass is 31.2. The minimum atomic E-state index is -3.16. The summed E-state index contributed by atoms with van der Waals surface area (Å²) in [7, 11) is -1.59. The highest BCUT2D eigenvalue weighted by molar-refractivity contribution is 7.54. The Bertz CT molecular complexity index is 1450. The number of nitrogens with one attached hydrogen (secondary N) is 1. The second-order valence-corrected chi connectivity index (χ2v) is 12.3. The molecule has 13 heteroatoms. The number of urea groups is 1. The summed E-state index contributed by atoms with van der Waals surface area (Å²) in [4.78, 5) is 25.9. The number of aromatic nitrogens is 2. The molecule has 1 aliphatic heterocycles. The number of nitrogens with zero attached hydrogens (tertiary/aromatic N) is 4. The molecule has 1 N–H and O–H groups in total. The van der Waals surface area contributed by atoms with E-state index in [1.807, 2.05) is 50.2 Å². The summed E-state index contributed by atoms with van der Waals surface area (Å²) >= 11 is 0. The average Bonchev–Trinajstić information content (AvgIpc) is 3.01. The predicted octanol–water partition coefficient (Wildman–Crippen LogP) is 5.98. The maximum atomic E-state index is 12.9. The van der Waals surface area contributed by atoms with Crippen molar-refractivity contribution in [3.05, 3.63) is 54.9 Å². The van der Waals surface area contributed by atoms with Crippen LogP contribution in [-0.2, 0) is 13.6 Å². The molecule has 238 valence electrons. The fourth-order valence-corrected chi connectivity index (χ4v) is 6.21. The van der Waals surface area contributed by atoms with Crippen molar-refractivity contribution in [3.63, 3.8) is 0 Å². The van der Waals surface area contributed by atoms with Crippen LogP contribution in [0.2, 0.25) is 0 Å². The lowest BCUT2D eigenvalue weighted by Crippen LogP contribution is -2.50. The molecule has 0 atom stereocenters. The van der Waals surface area contributed by atoms with E-state index in [1.165, 1.54) is 6.33 Å². The zero-order valence-corrected chi connectivity index (χ0v) is 26.9. The van der Waals surface area contributed by atoms with Crippen molar-refractivity contribution in [3.8, 4) is 17.2 Å². The topological polar surface area (TPSA) is 125 Å². The van der Waals surface area contributed by atoms with Gasteiger partial charge in [0.05, 0.1) is 38.1 Å². The zero-order chi connectivity index (χ0) is 31.5. The first-order valence-electron chi connectivity index (χ1n) is 14.8. The number of benzene rings is 2. The lowest BCUT2D eigenvalue weighted by molar-refractivity contribution is 0.208.